The zero-order valence-electron chi connectivity index (χ0n) is 18.1. The molecule has 0 unspecified atom stereocenters. The van der Waals surface area contributed by atoms with Crippen LogP contribution in [-0.4, -0.2) is 38.1 Å². The van der Waals surface area contributed by atoms with Crippen LogP contribution in [-0.2, 0) is 11.3 Å². The van der Waals surface area contributed by atoms with Gasteiger partial charge in [-0.2, -0.15) is 0 Å². The minimum absolute atomic E-state index is 0.0462. The number of piperidine rings is 1. The smallest absolute Gasteiger partial charge is 0.340 e. The van der Waals surface area contributed by atoms with Crippen LogP contribution in [0.3, 0.4) is 0 Å². The van der Waals surface area contributed by atoms with Crippen molar-refractivity contribution in [3.05, 3.63) is 71.3 Å². The maximum atomic E-state index is 12.4. The maximum Gasteiger partial charge on any atom is 0.340 e. The van der Waals surface area contributed by atoms with Gasteiger partial charge in [-0.05, 0) is 72.6 Å². The normalized spacial score (nSPS) is 14.2. The molecule has 7 heteroatoms. The highest BCUT2D eigenvalue weighted by Crippen LogP contribution is 2.26. The molecule has 3 aromatic carbocycles. The van der Waals surface area contributed by atoms with E-state index in [0.29, 0.717) is 29.1 Å². The van der Waals surface area contributed by atoms with Crippen LogP contribution in [0.1, 0.15) is 34.3 Å². The van der Waals surface area contributed by atoms with Crippen molar-refractivity contribution in [3.63, 3.8) is 0 Å². The lowest BCUT2D eigenvalue weighted by molar-refractivity contribution is 0.0600. The van der Waals surface area contributed by atoms with Crippen molar-refractivity contribution in [1.29, 1.82) is 5.41 Å². The second kappa shape index (κ2) is 9.70. The number of methoxy groups -OCH3 is 1. The summed E-state index contributed by atoms with van der Waals surface area (Å²) in [5.41, 5.74) is 8.49. The van der Waals surface area contributed by atoms with Crippen molar-refractivity contribution >= 4 is 28.3 Å². The molecule has 5 N–H and O–H groups in total. The lowest BCUT2D eigenvalue weighted by atomic mass is 10.0. The third-order valence-corrected chi connectivity index (χ3v) is 5.68. The van der Waals surface area contributed by atoms with Crippen LogP contribution in [0, 0.1) is 5.41 Å². The number of rotatable bonds is 7. The molecule has 0 amide bonds. The fourth-order valence-electron chi connectivity index (χ4n) is 3.91. The molecule has 3 aromatic rings. The van der Waals surface area contributed by atoms with Gasteiger partial charge in [0.1, 0.15) is 17.7 Å². The van der Waals surface area contributed by atoms with Gasteiger partial charge in [-0.1, -0.05) is 24.3 Å². The summed E-state index contributed by atoms with van der Waals surface area (Å²) in [4.78, 5) is 12.4. The molecule has 7 nitrogen and oxygen atoms in total. The molecule has 1 fully saturated rings. The summed E-state index contributed by atoms with van der Waals surface area (Å²) in [6, 6.07) is 17.3. The van der Waals surface area contributed by atoms with E-state index in [4.69, 9.17) is 20.6 Å². The Morgan fingerprint density at radius 2 is 1.88 bits per heavy atom. The quantitative estimate of drug-likeness (QED) is 0.258. The number of ether oxygens (including phenoxy) is 2. The molecule has 0 aliphatic carbocycles. The molecule has 0 bridgehead atoms. The van der Waals surface area contributed by atoms with E-state index in [0.717, 1.165) is 42.3 Å². The number of benzene rings is 3. The molecule has 0 saturated carbocycles. The molecular formula is C25H28N4O3. The Morgan fingerprint density at radius 1 is 1.09 bits per heavy atom. The van der Waals surface area contributed by atoms with Crippen LogP contribution in [0.5, 0.6) is 5.75 Å². The number of carbonyl (C=O) groups excluding carboxylic acids is 1. The fourth-order valence-corrected chi connectivity index (χ4v) is 3.91. The van der Waals surface area contributed by atoms with Crippen LogP contribution >= 0.6 is 0 Å². The number of carbonyl (C=O) groups is 1. The largest absolute Gasteiger partial charge is 0.490 e. The van der Waals surface area contributed by atoms with E-state index >= 15 is 0 Å². The molecule has 32 heavy (non-hydrogen) atoms. The zero-order chi connectivity index (χ0) is 22.5. The van der Waals surface area contributed by atoms with Crippen molar-refractivity contribution in [3.8, 4) is 5.75 Å². The molecule has 1 aliphatic rings. The molecule has 0 atom stereocenters. The molecule has 0 radical (unpaired) electrons. The molecule has 1 saturated heterocycles. The first-order valence-electron chi connectivity index (χ1n) is 10.7. The first kappa shape index (κ1) is 21.6. The Balaban J connectivity index is 1.52. The van der Waals surface area contributed by atoms with E-state index in [9.17, 15) is 4.79 Å². The molecule has 1 aliphatic heterocycles. The third kappa shape index (κ3) is 5.00. The van der Waals surface area contributed by atoms with Gasteiger partial charge in [0.2, 0.25) is 0 Å². The van der Waals surface area contributed by atoms with Crippen LogP contribution < -0.4 is 21.1 Å². The third-order valence-electron chi connectivity index (χ3n) is 5.68. The molecule has 4 rings (SSSR count). The SMILES string of the molecule is COC(=O)c1cc(OC2CCNCC2)ccc1NCc1ccc2ccc(C(=N)N)cc2c1. The Morgan fingerprint density at radius 3 is 2.62 bits per heavy atom. The van der Waals surface area contributed by atoms with Gasteiger partial charge in [-0.15, -0.1) is 0 Å². The monoisotopic (exact) mass is 432 g/mol. The van der Waals surface area contributed by atoms with Crippen molar-refractivity contribution in [2.45, 2.75) is 25.5 Å². The Bertz CT molecular complexity index is 1140. The van der Waals surface area contributed by atoms with Crippen LogP contribution in [0.15, 0.2) is 54.6 Å². The predicted molar refractivity (Wildman–Crippen MR) is 127 cm³/mol. The first-order chi connectivity index (χ1) is 15.5. The minimum atomic E-state index is -0.409. The van der Waals surface area contributed by atoms with Gasteiger partial charge < -0.3 is 25.8 Å². The van der Waals surface area contributed by atoms with Gasteiger partial charge in [0.05, 0.1) is 12.7 Å². The number of hydrogen-bond acceptors (Lipinski definition) is 6. The zero-order valence-corrected chi connectivity index (χ0v) is 18.1. The summed E-state index contributed by atoms with van der Waals surface area (Å²) >= 11 is 0. The van der Waals surface area contributed by atoms with Crippen molar-refractivity contribution in [2.75, 3.05) is 25.5 Å². The summed E-state index contributed by atoms with van der Waals surface area (Å²) in [5.74, 6) is 0.308. The highest BCUT2D eigenvalue weighted by atomic mass is 16.5. The molecule has 166 valence electrons. The minimum Gasteiger partial charge on any atom is -0.490 e. The standard InChI is InChI=1S/C25H28N4O3/c1-31-25(30)22-14-21(32-20-8-10-28-11-9-20)6-7-23(22)29-15-16-2-3-17-4-5-18(24(26)27)13-19(17)12-16/h2-7,12-14,20,28-29H,8-11,15H2,1H3,(H3,26,27). The van der Waals surface area contributed by atoms with Gasteiger partial charge in [-0.25, -0.2) is 4.79 Å². The summed E-state index contributed by atoms with van der Waals surface area (Å²) < 4.78 is 11.1. The summed E-state index contributed by atoms with van der Waals surface area (Å²) in [5, 5.41) is 16.4. The predicted octanol–water partition coefficient (Wildman–Crippen LogP) is 3.65. The topological polar surface area (TPSA) is 109 Å². The Labute approximate surface area is 187 Å². The van der Waals surface area contributed by atoms with Crippen molar-refractivity contribution in [2.24, 2.45) is 5.73 Å². The highest BCUT2D eigenvalue weighted by Gasteiger charge is 2.18. The molecule has 0 aromatic heterocycles. The number of nitrogens with two attached hydrogens (primary N) is 1. The van der Waals surface area contributed by atoms with Crippen LogP contribution in [0.25, 0.3) is 10.8 Å². The van der Waals surface area contributed by atoms with Gasteiger partial charge in [0.15, 0.2) is 0 Å². The Hall–Kier alpha value is -3.58. The van der Waals surface area contributed by atoms with E-state index in [1.54, 1.807) is 6.07 Å². The van der Waals surface area contributed by atoms with Gasteiger partial charge in [0.25, 0.3) is 0 Å². The summed E-state index contributed by atoms with van der Waals surface area (Å²) in [7, 11) is 1.38. The van der Waals surface area contributed by atoms with Gasteiger partial charge in [-0.3, -0.25) is 5.41 Å². The average Bonchev–Trinajstić information content (AvgIpc) is 2.82. The second-order valence-electron chi connectivity index (χ2n) is 7.93. The van der Waals surface area contributed by atoms with Crippen LogP contribution in [0.4, 0.5) is 5.69 Å². The Kier molecular flexibility index (Phi) is 6.56. The van der Waals surface area contributed by atoms with E-state index in [2.05, 4.69) is 16.7 Å². The first-order valence-corrected chi connectivity index (χ1v) is 10.7. The van der Waals surface area contributed by atoms with E-state index in [-0.39, 0.29) is 11.9 Å². The highest BCUT2D eigenvalue weighted by molar-refractivity contribution is 5.99. The lowest BCUT2D eigenvalue weighted by Crippen LogP contribution is -2.34. The van der Waals surface area contributed by atoms with Crippen LogP contribution in [0.2, 0.25) is 0 Å². The second-order valence-corrected chi connectivity index (χ2v) is 7.93. The maximum absolute atomic E-state index is 12.4. The molecule has 0 spiro atoms. The average molecular weight is 433 g/mol. The number of fused-ring (bicyclic) bond motifs is 1. The number of amidine groups is 1. The molecular weight excluding hydrogens is 404 g/mol. The number of hydrogen-bond donors (Lipinski definition) is 4. The van der Waals surface area contributed by atoms with Gasteiger partial charge >= 0.3 is 5.97 Å². The number of esters is 1. The van der Waals surface area contributed by atoms with E-state index in [1.807, 2.05) is 42.5 Å². The fraction of sp³-hybridized carbons (Fsp3) is 0.280. The molecule has 1 heterocycles. The van der Waals surface area contributed by atoms with E-state index < -0.39 is 5.97 Å². The summed E-state index contributed by atoms with van der Waals surface area (Å²) in [6.45, 7) is 2.40. The number of nitrogen functional groups attached to an aromatic ring is 1. The van der Waals surface area contributed by atoms with Crippen molar-refractivity contribution < 1.29 is 14.3 Å². The lowest BCUT2D eigenvalue weighted by Gasteiger charge is -2.24. The van der Waals surface area contributed by atoms with Gasteiger partial charge in [0, 0.05) is 17.8 Å². The number of nitrogens with one attached hydrogen (secondary N) is 3. The summed E-state index contributed by atoms with van der Waals surface area (Å²) in [6.07, 6.45) is 2.04. The van der Waals surface area contributed by atoms with E-state index in [1.165, 1.54) is 7.11 Å². The number of anilines is 1. The van der Waals surface area contributed by atoms with Crippen molar-refractivity contribution in [1.82, 2.24) is 5.32 Å².